The normalized spacial score (nSPS) is 11.2. The van der Waals surface area contributed by atoms with Gasteiger partial charge in [-0.05, 0) is 48.2 Å². The van der Waals surface area contributed by atoms with E-state index >= 15 is 0 Å². The quantitative estimate of drug-likeness (QED) is 0.833. The van der Waals surface area contributed by atoms with Gasteiger partial charge in [-0.15, -0.1) is 0 Å². The fourth-order valence-corrected chi connectivity index (χ4v) is 3.75. The second-order valence-electron chi connectivity index (χ2n) is 5.27. The maximum Gasteiger partial charge on any atom is 0.335 e. The molecule has 0 radical (unpaired) electrons. The molecule has 0 unspecified atom stereocenters. The zero-order chi connectivity index (χ0) is 17.9. The van der Waals surface area contributed by atoms with Crippen molar-refractivity contribution in [2.24, 2.45) is 0 Å². The van der Waals surface area contributed by atoms with Gasteiger partial charge in [-0.3, -0.25) is 4.72 Å². The molecule has 0 aliphatic carbocycles. The molecule has 0 atom stereocenters. The van der Waals surface area contributed by atoms with Crippen LogP contribution in [-0.2, 0) is 22.9 Å². The van der Waals surface area contributed by atoms with Crippen LogP contribution in [0.2, 0.25) is 0 Å². The number of anilines is 1. The standard InChI is InChI=1S/C17H19NO5S/c1-3-11-5-6-12(4-2)16(9-11)24(22,23)18-13-7-8-14(17(20)21)15(19)10-13/h5-10,18-19H,3-4H2,1-2H3,(H,20,21)/p-1. The fourth-order valence-electron chi connectivity index (χ4n) is 2.33. The number of aromatic carboxylic acids is 1. The topological polar surface area (TPSA) is 107 Å². The average molecular weight is 348 g/mol. The third kappa shape index (κ3) is 3.68. The van der Waals surface area contributed by atoms with Gasteiger partial charge in [-0.2, -0.15) is 0 Å². The van der Waals surface area contributed by atoms with Gasteiger partial charge in [0.15, 0.2) is 0 Å². The van der Waals surface area contributed by atoms with Crippen molar-refractivity contribution in [1.29, 1.82) is 0 Å². The second-order valence-corrected chi connectivity index (χ2v) is 6.92. The smallest absolute Gasteiger partial charge is 0.335 e. The molecule has 0 aliphatic heterocycles. The number of sulfonamides is 1. The fraction of sp³-hybridized carbons (Fsp3) is 0.235. The van der Waals surface area contributed by atoms with Crippen LogP contribution < -0.4 is 9.83 Å². The van der Waals surface area contributed by atoms with Crippen molar-refractivity contribution < 1.29 is 23.4 Å². The van der Waals surface area contributed by atoms with E-state index in [0.717, 1.165) is 17.7 Å². The highest BCUT2D eigenvalue weighted by Crippen LogP contribution is 2.25. The van der Waals surface area contributed by atoms with Crippen LogP contribution in [-0.4, -0.2) is 19.5 Å². The molecule has 0 bridgehead atoms. The van der Waals surface area contributed by atoms with E-state index < -0.39 is 27.3 Å². The Morgan fingerprint density at radius 3 is 2.38 bits per heavy atom. The Morgan fingerprint density at radius 1 is 1.12 bits per heavy atom. The molecule has 0 fully saturated rings. The lowest BCUT2D eigenvalue weighted by atomic mass is 10.1. The molecule has 0 aromatic heterocycles. The first-order valence-electron chi connectivity index (χ1n) is 7.47. The summed E-state index contributed by atoms with van der Waals surface area (Å²) in [6.07, 6.45) is 1.25. The third-order valence-corrected chi connectivity index (χ3v) is 5.14. The number of benzene rings is 2. The monoisotopic (exact) mass is 348 g/mol. The minimum atomic E-state index is -3.87. The first-order chi connectivity index (χ1) is 11.3. The second kappa shape index (κ2) is 6.92. The summed E-state index contributed by atoms with van der Waals surface area (Å²) in [4.78, 5) is 11.0. The highest BCUT2D eigenvalue weighted by molar-refractivity contribution is 7.92. The molecule has 6 nitrogen and oxygen atoms in total. The number of carboxylic acid groups (broad SMARTS) is 1. The van der Waals surface area contributed by atoms with Gasteiger partial charge < -0.3 is 10.2 Å². The molecule has 2 N–H and O–H groups in total. The summed E-state index contributed by atoms with van der Waals surface area (Å²) >= 11 is 0. The average Bonchev–Trinajstić information content (AvgIpc) is 2.53. The van der Waals surface area contributed by atoms with Gasteiger partial charge in [0.2, 0.25) is 0 Å². The van der Waals surface area contributed by atoms with Crippen LogP contribution in [0.25, 0.3) is 0 Å². The molecule has 0 spiro atoms. The molecule has 2 aromatic carbocycles. The van der Waals surface area contributed by atoms with E-state index in [2.05, 4.69) is 4.72 Å². The highest BCUT2D eigenvalue weighted by atomic mass is 32.2. The molecule has 0 saturated heterocycles. The molecule has 0 saturated carbocycles. The summed E-state index contributed by atoms with van der Waals surface area (Å²) in [7, 11) is -3.87. The first-order valence-corrected chi connectivity index (χ1v) is 8.95. The minimum Gasteiger partial charge on any atom is -0.872 e. The zero-order valence-electron chi connectivity index (χ0n) is 13.4. The largest absolute Gasteiger partial charge is 0.872 e. The van der Waals surface area contributed by atoms with Gasteiger partial charge in [-0.1, -0.05) is 31.7 Å². The molecule has 7 heteroatoms. The summed E-state index contributed by atoms with van der Waals surface area (Å²) < 4.78 is 27.6. The molecule has 24 heavy (non-hydrogen) atoms. The number of nitrogens with one attached hydrogen (secondary N) is 1. The molecule has 0 aliphatic rings. The Bertz CT molecular complexity index is 875. The number of carboxylic acids is 1. The van der Waals surface area contributed by atoms with Crippen LogP contribution in [0, 0.1) is 0 Å². The maximum absolute atomic E-state index is 12.7. The van der Waals surface area contributed by atoms with E-state index in [9.17, 15) is 18.3 Å². The van der Waals surface area contributed by atoms with E-state index in [1.807, 2.05) is 19.9 Å². The summed E-state index contributed by atoms with van der Waals surface area (Å²) in [5, 5.41) is 20.6. The van der Waals surface area contributed by atoms with Gasteiger partial charge in [0.25, 0.3) is 10.0 Å². The van der Waals surface area contributed by atoms with E-state index in [1.165, 1.54) is 6.07 Å². The number of rotatable bonds is 6. The van der Waals surface area contributed by atoms with E-state index in [-0.39, 0.29) is 10.6 Å². The van der Waals surface area contributed by atoms with Gasteiger partial charge in [0.1, 0.15) is 0 Å². The van der Waals surface area contributed by atoms with Crippen LogP contribution in [0.15, 0.2) is 41.3 Å². The predicted molar refractivity (Wildman–Crippen MR) is 88.9 cm³/mol. The van der Waals surface area contributed by atoms with E-state index in [4.69, 9.17) is 5.11 Å². The minimum absolute atomic E-state index is 0.0361. The van der Waals surface area contributed by atoms with Crippen molar-refractivity contribution in [2.75, 3.05) is 4.72 Å². The molecular weight excluding hydrogens is 330 g/mol. The van der Waals surface area contributed by atoms with Crippen molar-refractivity contribution in [2.45, 2.75) is 31.6 Å². The lowest BCUT2D eigenvalue weighted by Gasteiger charge is -2.16. The molecule has 128 valence electrons. The Labute approximate surface area is 140 Å². The molecular formula is C17H18NO5S-. The van der Waals surface area contributed by atoms with E-state index in [0.29, 0.717) is 18.4 Å². The lowest BCUT2D eigenvalue weighted by Crippen LogP contribution is -2.16. The van der Waals surface area contributed by atoms with Crippen LogP contribution in [0.4, 0.5) is 5.69 Å². The first kappa shape index (κ1) is 17.8. The Kier molecular flexibility index (Phi) is 5.14. The number of carbonyl (C=O) groups is 1. The van der Waals surface area contributed by atoms with Crippen LogP contribution in [0.5, 0.6) is 5.75 Å². The molecule has 0 amide bonds. The van der Waals surface area contributed by atoms with E-state index in [1.54, 1.807) is 12.1 Å². The lowest BCUT2D eigenvalue weighted by molar-refractivity contribution is -0.268. The summed E-state index contributed by atoms with van der Waals surface area (Å²) in [6, 6.07) is 8.60. The predicted octanol–water partition coefficient (Wildman–Crippen LogP) is 2.38. The van der Waals surface area contributed by atoms with Crippen LogP contribution >= 0.6 is 0 Å². The highest BCUT2D eigenvalue weighted by Gasteiger charge is 2.19. The SMILES string of the molecule is CCc1ccc(CC)c(S(=O)(=O)Nc2ccc(C(=O)O)c([O-])c2)c1. The summed E-state index contributed by atoms with van der Waals surface area (Å²) in [5.41, 5.74) is 1.19. The van der Waals surface area contributed by atoms with Crippen molar-refractivity contribution in [1.82, 2.24) is 0 Å². The van der Waals surface area contributed by atoms with Crippen molar-refractivity contribution >= 4 is 21.7 Å². The van der Waals surface area contributed by atoms with Gasteiger partial charge in [0.05, 0.1) is 10.5 Å². The van der Waals surface area contributed by atoms with Crippen molar-refractivity contribution in [3.8, 4) is 5.75 Å². The number of hydrogen-bond acceptors (Lipinski definition) is 4. The Hall–Kier alpha value is -2.54. The molecule has 2 rings (SSSR count). The maximum atomic E-state index is 12.7. The number of hydrogen-bond donors (Lipinski definition) is 2. The van der Waals surface area contributed by atoms with Crippen LogP contribution in [0.1, 0.15) is 35.3 Å². The zero-order valence-corrected chi connectivity index (χ0v) is 14.2. The van der Waals surface area contributed by atoms with Gasteiger partial charge >= 0.3 is 5.97 Å². The number of aryl methyl sites for hydroxylation is 2. The van der Waals surface area contributed by atoms with Gasteiger partial charge in [-0.25, -0.2) is 13.2 Å². The molecule has 2 aromatic rings. The Morgan fingerprint density at radius 2 is 1.83 bits per heavy atom. The van der Waals surface area contributed by atoms with Gasteiger partial charge in [0, 0.05) is 5.69 Å². The Balaban J connectivity index is 2.42. The summed E-state index contributed by atoms with van der Waals surface area (Å²) in [6.45, 7) is 3.79. The van der Waals surface area contributed by atoms with Crippen LogP contribution in [0.3, 0.4) is 0 Å². The molecule has 0 heterocycles. The van der Waals surface area contributed by atoms with Crippen molar-refractivity contribution in [3.63, 3.8) is 0 Å². The van der Waals surface area contributed by atoms with Crippen molar-refractivity contribution in [3.05, 3.63) is 53.1 Å². The third-order valence-electron chi connectivity index (χ3n) is 3.67. The summed E-state index contributed by atoms with van der Waals surface area (Å²) in [5.74, 6) is -2.10.